The van der Waals surface area contributed by atoms with Crippen LogP contribution in [0, 0.1) is 0 Å². The van der Waals surface area contributed by atoms with E-state index in [9.17, 15) is 4.79 Å². The van der Waals surface area contributed by atoms with Crippen molar-refractivity contribution in [2.75, 3.05) is 6.54 Å². The monoisotopic (exact) mass is 327 g/mol. The zero-order valence-corrected chi connectivity index (χ0v) is 14.0. The van der Waals surface area contributed by atoms with Gasteiger partial charge in [0.15, 0.2) is 0 Å². The van der Waals surface area contributed by atoms with E-state index in [2.05, 4.69) is 17.4 Å². The van der Waals surface area contributed by atoms with Crippen LogP contribution >= 0.6 is 11.6 Å². The lowest BCUT2D eigenvalue weighted by molar-refractivity contribution is -0.126. The highest BCUT2D eigenvalue weighted by Crippen LogP contribution is 2.41. The number of nitrogens with one attached hydrogen (secondary N) is 1. The Kier molecular flexibility index (Phi) is 5.02. The molecule has 120 valence electrons. The Balaban J connectivity index is 1.68. The molecule has 0 heterocycles. The largest absolute Gasteiger partial charge is 0.355 e. The zero-order valence-electron chi connectivity index (χ0n) is 13.2. The molecule has 2 aromatic carbocycles. The zero-order chi connectivity index (χ0) is 16.1. The Morgan fingerprint density at radius 1 is 1.00 bits per heavy atom. The van der Waals surface area contributed by atoms with E-state index in [4.69, 9.17) is 11.6 Å². The maximum atomic E-state index is 12.9. The van der Waals surface area contributed by atoms with E-state index in [1.807, 2.05) is 42.5 Å². The molecule has 0 aromatic heterocycles. The van der Waals surface area contributed by atoms with Gasteiger partial charge in [0.1, 0.15) is 0 Å². The molecule has 1 amide bonds. The summed E-state index contributed by atoms with van der Waals surface area (Å²) in [6, 6.07) is 18.0. The number of carbonyl (C=O) groups excluding carboxylic acids is 1. The summed E-state index contributed by atoms with van der Waals surface area (Å²) in [5.74, 6) is 0.160. The van der Waals surface area contributed by atoms with E-state index in [0.29, 0.717) is 11.6 Å². The van der Waals surface area contributed by atoms with Crippen molar-refractivity contribution in [3.63, 3.8) is 0 Å². The predicted octanol–water partition coefficient (Wildman–Crippen LogP) is 4.51. The topological polar surface area (TPSA) is 29.1 Å². The van der Waals surface area contributed by atoms with Gasteiger partial charge >= 0.3 is 0 Å². The van der Waals surface area contributed by atoms with Crippen LogP contribution in [-0.2, 0) is 16.6 Å². The number of carbonyl (C=O) groups is 1. The molecule has 3 rings (SSSR count). The number of rotatable bonds is 5. The minimum Gasteiger partial charge on any atom is -0.355 e. The highest BCUT2D eigenvalue weighted by Gasteiger charge is 2.42. The fourth-order valence-electron chi connectivity index (χ4n) is 3.53. The molecular weight excluding hydrogens is 306 g/mol. The Morgan fingerprint density at radius 3 is 2.30 bits per heavy atom. The number of hydrogen-bond acceptors (Lipinski definition) is 1. The van der Waals surface area contributed by atoms with Gasteiger partial charge in [0.05, 0.1) is 5.41 Å². The lowest BCUT2D eigenvalue weighted by Crippen LogP contribution is -2.43. The van der Waals surface area contributed by atoms with Crippen molar-refractivity contribution in [1.29, 1.82) is 0 Å². The van der Waals surface area contributed by atoms with Gasteiger partial charge in [-0.2, -0.15) is 0 Å². The lowest BCUT2D eigenvalue weighted by Gasteiger charge is -2.28. The Morgan fingerprint density at radius 2 is 1.65 bits per heavy atom. The lowest BCUT2D eigenvalue weighted by atomic mass is 9.78. The minimum absolute atomic E-state index is 0.160. The average Bonchev–Trinajstić information content (AvgIpc) is 3.07. The standard InChI is InChI=1S/C20H22ClNO/c21-18-10-8-17(9-11-18)20(13-4-5-14-20)19(23)22-15-12-16-6-2-1-3-7-16/h1-3,6-11H,4-5,12-15H2,(H,22,23). The van der Waals surface area contributed by atoms with Gasteiger partial charge in [0.25, 0.3) is 0 Å². The van der Waals surface area contributed by atoms with E-state index in [1.165, 1.54) is 5.56 Å². The molecule has 0 bridgehead atoms. The van der Waals surface area contributed by atoms with Gasteiger partial charge in [0.2, 0.25) is 5.91 Å². The highest BCUT2D eigenvalue weighted by atomic mass is 35.5. The van der Waals surface area contributed by atoms with Crippen LogP contribution < -0.4 is 5.32 Å². The number of halogens is 1. The van der Waals surface area contributed by atoms with Gasteiger partial charge in [-0.25, -0.2) is 0 Å². The van der Waals surface area contributed by atoms with E-state index >= 15 is 0 Å². The fraction of sp³-hybridized carbons (Fsp3) is 0.350. The fourth-order valence-corrected chi connectivity index (χ4v) is 3.65. The Labute approximate surface area is 142 Å². The molecule has 1 fully saturated rings. The average molecular weight is 328 g/mol. The van der Waals surface area contributed by atoms with Gasteiger partial charge < -0.3 is 5.32 Å². The normalized spacial score (nSPS) is 16.2. The molecule has 3 heteroatoms. The second kappa shape index (κ2) is 7.18. The molecule has 0 atom stereocenters. The van der Waals surface area contributed by atoms with Gasteiger partial charge in [-0.05, 0) is 42.5 Å². The first kappa shape index (κ1) is 16.1. The summed E-state index contributed by atoms with van der Waals surface area (Å²) in [6.45, 7) is 0.679. The van der Waals surface area contributed by atoms with Gasteiger partial charge in [-0.3, -0.25) is 4.79 Å². The first-order valence-corrected chi connectivity index (χ1v) is 8.67. The van der Waals surface area contributed by atoms with Crippen molar-refractivity contribution in [1.82, 2.24) is 5.32 Å². The predicted molar refractivity (Wildman–Crippen MR) is 94.8 cm³/mol. The van der Waals surface area contributed by atoms with Crippen LogP contribution in [0.25, 0.3) is 0 Å². The third-order valence-corrected chi connectivity index (χ3v) is 5.08. The van der Waals surface area contributed by atoms with Crippen molar-refractivity contribution in [2.24, 2.45) is 0 Å². The Bertz CT molecular complexity index is 645. The van der Waals surface area contributed by atoms with Crippen LogP contribution in [-0.4, -0.2) is 12.5 Å². The quantitative estimate of drug-likeness (QED) is 0.860. The molecule has 0 saturated heterocycles. The van der Waals surface area contributed by atoms with Crippen molar-refractivity contribution in [2.45, 2.75) is 37.5 Å². The summed E-state index contributed by atoms with van der Waals surface area (Å²) in [5.41, 5.74) is 1.97. The van der Waals surface area contributed by atoms with Crippen LogP contribution in [0.2, 0.25) is 5.02 Å². The molecular formula is C20H22ClNO. The Hall–Kier alpha value is -1.80. The maximum absolute atomic E-state index is 12.9. The molecule has 23 heavy (non-hydrogen) atoms. The molecule has 0 spiro atoms. The second-order valence-corrected chi connectivity index (χ2v) is 6.72. The number of benzene rings is 2. The third-order valence-electron chi connectivity index (χ3n) is 4.83. The molecule has 0 aliphatic heterocycles. The SMILES string of the molecule is O=C(NCCc1ccccc1)C1(c2ccc(Cl)cc2)CCCC1. The molecule has 0 radical (unpaired) electrons. The van der Waals surface area contributed by atoms with Gasteiger partial charge in [-0.15, -0.1) is 0 Å². The van der Waals surface area contributed by atoms with Crippen LogP contribution in [0.4, 0.5) is 0 Å². The molecule has 2 aromatic rings. The van der Waals surface area contributed by atoms with Crippen molar-refractivity contribution >= 4 is 17.5 Å². The first-order valence-electron chi connectivity index (χ1n) is 8.29. The molecule has 1 aliphatic rings. The summed E-state index contributed by atoms with van der Waals surface area (Å²) in [7, 11) is 0. The third kappa shape index (κ3) is 3.59. The van der Waals surface area contributed by atoms with Gasteiger partial charge in [0, 0.05) is 11.6 Å². The van der Waals surface area contributed by atoms with Crippen LogP contribution in [0.3, 0.4) is 0 Å². The summed E-state index contributed by atoms with van der Waals surface area (Å²) >= 11 is 5.99. The maximum Gasteiger partial charge on any atom is 0.230 e. The molecule has 1 N–H and O–H groups in total. The summed E-state index contributed by atoms with van der Waals surface area (Å²) in [6.07, 6.45) is 4.92. The second-order valence-electron chi connectivity index (χ2n) is 6.29. The highest BCUT2D eigenvalue weighted by molar-refractivity contribution is 6.30. The molecule has 1 saturated carbocycles. The molecule has 0 unspecified atom stereocenters. The van der Waals surface area contributed by atoms with Gasteiger partial charge in [-0.1, -0.05) is 66.9 Å². The smallest absolute Gasteiger partial charge is 0.230 e. The van der Waals surface area contributed by atoms with Crippen LogP contribution in [0.15, 0.2) is 54.6 Å². The van der Waals surface area contributed by atoms with E-state index < -0.39 is 0 Å². The summed E-state index contributed by atoms with van der Waals surface area (Å²) < 4.78 is 0. The van der Waals surface area contributed by atoms with E-state index in [-0.39, 0.29) is 11.3 Å². The van der Waals surface area contributed by atoms with Crippen molar-refractivity contribution in [3.8, 4) is 0 Å². The number of amides is 1. The van der Waals surface area contributed by atoms with E-state index in [0.717, 1.165) is 37.7 Å². The van der Waals surface area contributed by atoms with E-state index in [1.54, 1.807) is 0 Å². The van der Waals surface area contributed by atoms with Crippen molar-refractivity contribution < 1.29 is 4.79 Å². The van der Waals surface area contributed by atoms with Crippen molar-refractivity contribution in [3.05, 3.63) is 70.7 Å². The summed E-state index contributed by atoms with van der Waals surface area (Å²) in [4.78, 5) is 12.9. The number of hydrogen-bond donors (Lipinski definition) is 1. The molecule has 2 nitrogen and oxygen atoms in total. The molecule has 1 aliphatic carbocycles. The van der Waals surface area contributed by atoms with Crippen LogP contribution in [0.5, 0.6) is 0 Å². The minimum atomic E-state index is -0.374. The van der Waals surface area contributed by atoms with Crippen LogP contribution in [0.1, 0.15) is 36.8 Å². The summed E-state index contributed by atoms with van der Waals surface area (Å²) in [5, 5.41) is 3.87. The first-order chi connectivity index (χ1) is 11.2.